The van der Waals surface area contributed by atoms with Gasteiger partial charge in [0, 0.05) is 18.8 Å². The lowest BCUT2D eigenvalue weighted by atomic mass is 10.2. The average molecular weight is 283 g/mol. The number of aromatic nitrogens is 3. The molecule has 0 atom stereocenters. The molecule has 0 spiro atoms. The molecule has 110 valence electrons. The maximum atomic E-state index is 4.60. The molecule has 1 fully saturated rings. The van der Waals surface area contributed by atoms with E-state index in [0.717, 1.165) is 30.5 Å². The molecule has 0 aliphatic carbocycles. The minimum Gasteiger partial charge on any atom is -0.339 e. The number of rotatable bonds is 3. The number of hydrogen-bond donors (Lipinski definition) is 1. The highest BCUT2D eigenvalue weighted by Crippen LogP contribution is 2.18. The van der Waals surface area contributed by atoms with Gasteiger partial charge in [0.15, 0.2) is 5.82 Å². The molecule has 2 aromatic rings. The summed E-state index contributed by atoms with van der Waals surface area (Å²) in [6, 6.07) is 8.24. The van der Waals surface area contributed by atoms with Gasteiger partial charge in [-0.1, -0.05) is 30.5 Å². The number of aryl methyl sites for hydroxylation is 1. The van der Waals surface area contributed by atoms with Crippen molar-refractivity contribution >= 4 is 17.5 Å². The Morgan fingerprint density at radius 2 is 1.71 bits per heavy atom. The Morgan fingerprint density at radius 3 is 2.43 bits per heavy atom. The van der Waals surface area contributed by atoms with Crippen LogP contribution >= 0.6 is 0 Å². The highest BCUT2D eigenvalue weighted by Gasteiger charge is 2.13. The van der Waals surface area contributed by atoms with Crippen LogP contribution in [-0.2, 0) is 0 Å². The Bertz CT molecular complexity index is 573. The van der Waals surface area contributed by atoms with Crippen molar-refractivity contribution in [1.29, 1.82) is 0 Å². The lowest BCUT2D eigenvalue weighted by Gasteiger charge is -2.19. The van der Waals surface area contributed by atoms with Gasteiger partial charge in [0.1, 0.15) is 0 Å². The fraction of sp³-hybridized carbons (Fsp3) is 0.438. The minimum absolute atomic E-state index is 0.731. The standard InChI is InChI=1S/C16H21N5/c1-13-6-8-14(9-7-13)18-15-12-17-20-16(19-15)21-10-4-2-3-5-11-21/h6-9,12H,2-5,10-11H2,1H3,(H,18,19,20). The summed E-state index contributed by atoms with van der Waals surface area (Å²) in [6.45, 7) is 4.12. The Balaban J connectivity index is 1.74. The molecule has 1 saturated heterocycles. The molecule has 5 heteroatoms. The summed E-state index contributed by atoms with van der Waals surface area (Å²) in [6.07, 6.45) is 6.68. The average Bonchev–Trinajstić information content (AvgIpc) is 2.79. The van der Waals surface area contributed by atoms with E-state index >= 15 is 0 Å². The van der Waals surface area contributed by atoms with Crippen LogP contribution in [0.4, 0.5) is 17.5 Å². The van der Waals surface area contributed by atoms with Crippen LogP contribution in [0.1, 0.15) is 31.2 Å². The number of hydrogen-bond acceptors (Lipinski definition) is 5. The van der Waals surface area contributed by atoms with Gasteiger partial charge < -0.3 is 10.2 Å². The van der Waals surface area contributed by atoms with Crippen LogP contribution in [0.25, 0.3) is 0 Å². The van der Waals surface area contributed by atoms with Crippen molar-refractivity contribution in [3.05, 3.63) is 36.0 Å². The van der Waals surface area contributed by atoms with E-state index in [1.54, 1.807) is 6.20 Å². The molecule has 1 aliphatic rings. The molecule has 3 rings (SSSR count). The first kappa shape index (κ1) is 13.8. The van der Waals surface area contributed by atoms with Crippen LogP contribution in [0.2, 0.25) is 0 Å². The van der Waals surface area contributed by atoms with Gasteiger partial charge in [-0.3, -0.25) is 0 Å². The van der Waals surface area contributed by atoms with Crippen LogP contribution in [0.3, 0.4) is 0 Å². The molecule has 0 bridgehead atoms. The van der Waals surface area contributed by atoms with Gasteiger partial charge in [-0.05, 0) is 31.9 Å². The number of anilines is 3. The first-order chi connectivity index (χ1) is 10.3. The topological polar surface area (TPSA) is 53.9 Å². The smallest absolute Gasteiger partial charge is 0.247 e. The van der Waals surface area contributed by atoms with E-state index < -0.39 is 0 Å². The molecule has 0 saturated carbocycles. The van der Waals surface area contributed by atoms with Gasteiger partial charge >= 0.3 is 0 Å². The van der Waals surface area contributed by atoms with Crippen molar-refractivity contribution in [2.75, 3.05) is 23.3 Å². The van der Waals surface area contributed by atoms with E-state index in [9.17, 15) is 0 Å². The van der Waals surface area contributed by atoms with Crippen LogP contribution in [0.5, 0.6) is 0 Å². The van der Waals surface area contributed by atoms with Crippen molar-refractivity contribution in [3.63, 3.8) is 0 Å². The minimum atomic E-state index is 0.731. The molecule has 1 N–H and O–H groups in total. The van der Waals surface area contributed by atoms with Gasteiger partial charge in [-0.2, -0.15) is 10.1 Å². The zero-order valence-electron chi connectivity index (χ0n) is 12.4. The van der Waals surface area contributed by atoms with Gasteiger partial charge in [0.25, 0.3) is 0 Å². The number of benzene rings is 1. The summed E-state index contributed by atoms with van der Waals surface area (Å²) < 4.78 is 0. The molecule has 0 radical (unpaired) electrons. The van der Waals surface area contributed by atoms with Gasteiger partial charge in [-0.15, -0.1) is 5.10 Å². The highest BCUT2D eigenvalue weighted by molar-refractivity contribution is 5.56. The first-order valence-electron chi connectivity index (χ1n) is 7.60. The molecule has 0 unspecified atom stereocenters. The summed E-state index contributed by atoms with van der Waals surface area (Å²) in [5.74, 6) is 1.47. The van der Waals surface area contributed by atoms with E-state index in [1.165, 1.54) is 31.2 Å². The third-order valence-corrected chi connectivity index (χ3v) is 3.76. The first-order valence-corrected chi connectivity index (χ1v) is 7.60. The van der Waals surface area contributed by atoms with Crippen LogP contribution in [0, 0.1) is 6.92 Å². The summed E-state index contributed by atoms with van der Waals surface area (Å²) in [7, 11) is 0. The van der Waals surface area contributed by atoms with Crippen molar-refractivity contribution in [2.45, 2.75) is 32.6 Å². The zero-order valence-corrected chi connectivity index (χ0v) is 12.4. The predicted octanol–water partition coefficient (Wildman–Crippen LogP) is 3.30. The fourth-order valence-corrected chi connectivity index (χ4v) is 2.54. The van der Waals surface area contributed by atoms with Crippen molar-refractivity contribution in [1.82, 2.24) is 15.2 Å². The summed E-state index contributed by atoms with van der Waals surface area (Å²) >= 11 is 0. The zero-order chi connectivity index (χ0) is 14.5. The fourth-order valence-electron chi connectivity index (χ4n) is 2.54. The summed E-state index contributed by atoms with van der Waals surface area (Å²) in [5.41, 5.74) is 2.26. The van der Waals surface area contributed by atoms with E-state index in [2.05, 4.69) is 44.5 Å². The van der Waals surface area contributed by atoms with Crippen LogP contribution in [-0.4, -0.2) is 28.3 Å². The largest absolute Gasteiger partial charge is 0.339 e. The molecule has 21 heavy (non-hydrogen) atoms. The van der Waals surface area contributed by atoms with Crippen molar-refractivity contribution in [2.24, 2.45) is 0 Å². The van der Waals surface area contributed by atoms with E-state index in [0.29, 0.717) is 0 Å². The highest BCUT2D eigenvalue weighted by atomic mass is 15.3. The van der Waals surface area contributed by atoms with Gasteiger partial charge in [0.05, 0.1) is 6.20 Å². The van der Waals surface area contributed by atoms with Crippen LogP contribution in [0.15, 0.2) is 30.5 Å². The Morgan fingerprint density at radius 1 is 1.00 bits per heavy atom. The molecule has 5 nitrogen and oxygen atoms in total. The second-order valence-electron chi connectivity index (χ2n) is 5.53. The third kappa shape index (κ3) is 3.68. The van der Waals surface area contributed by atoms with Crippen LogP contribution < -0.4 is 10.2 Å². The molecule has 2 heterocycles. The summed E-state index contributed by atoms with van der Waals surface area (Å²) in [5, 5.41) is 11.6. The summed E-state index contributed by atoms with van der Waals surface area (Å²) in [4.78, 5) is 6.83. The van der Waals surface area contributed by atoms with E-state index in [1.807, 2.05) is 12.1 Å². The molecule has 1 aliphatic heterocycles. The Labute approximate surface area is 125 Å². The molecule has 1 aromatic carbocycles. The van der Waals surface area contributed by atoms with Gasteiger partial charge in [-0.25, -0.2) is 0 Å². The SMILES string of the molecule is Cc1ccc(Nc2cnnc(N3CCCCCC3)n2)cc1. The predicted molar refractivity (Wildman–Crippen MR) is 85.0 cm³/mol. The number of nitrogens with one attached hydrogen (secondary N) is 1. The molecular formula is C16H21N5. The lowest BCUT2D eigenvalue weighted by molar-refractivity contribution is 0.726. The Hall–Kier alpha value is -2.17. The third-order valence-electron chi connectivity index (χ3n) is 3.76. The maximum absolute atomic E-state index is 4.60. The Kier molecular flexibility index (Phi) is 4.28. The normalized spacial score (nSPS) is 15.6. The van der Waals surface area contributed by atoms with Gasteiger partial charge in [0.2, 0.25) is 5.95 Å². The second-order valence-corrected chi connectivity index (χ2v) is 5.53. The van der Waals surface area contributed by atoms with Crippen molar-refractivity contribution < 1.29 is 0 Å². The molecular weight excluding hydrogens is 262 g/mol. The quantitative estimate of drug-likeness (QED) is 0.936. The lowest BCUT2D eigenvalue weighted by Crippen LogP contribution is -2.26. The second kappa shape index (κ2) is 6.52. The maximum Gasteiger partial charge on any atom is 0.247 e. The van der Waals surface area contributed by atoms with Crippen molar-refractivity contribution in [3.8, 4) is 0 Å². The molecule has 0 amide bonds. The monoisotopic (exact) mass is 283 g/mol. The molecule has 1 aromatic heterocycles. The number of nitrogens with zero attached hydrogens (tertiary/aromatic N) is 4. The van der Waals surface area contributed by atoms with E-state index in [4.69, 9.17) is 0 Å². The van der Waals surface area contributed by atoms with E-state index in [-0.39, 0.29) is 0 Å².